The van der Waals surface area contributed by atoms with Gasteiger partial charge in [-0.25, -0.2) is 4.68 Å². The van der Waals surface area contributed by atoms with Crippen molar-refractivity contribution < 1.29 is 4.79 Å². The lowest BCUT2D eigenvalue weighted by Gasteiger charge is -2.16. The van der Waals surface area contributed by atoms with Crippen LogP contribution >= 0.6 is 24.8 Å². The fourth-order valence-electron chi connectivity index (χ4n) is 3.60. The van der Waals surface area contributed by atoms with Crippen LogP contribution in [0.15, 0.2) is 67.3 Å². The van der Waals surface area contributed by atoms with Crippen LogP contribution in [0.3, 0.4) is 0 Å². The minimum atomic E-state index is -0.00276. The van der Waals surface area contributed by atoms with E-state index in [4.69, 9.17) is 5.73 Å². The first kappa shape index (κ1) is 21.9. The van der Waals surface area contributed by atoms with E-state index in [0.717, 1.165) is 5.69 Å². The van der Waals surface area contributed by atoms with E-state index >= 15 is 0 Å². The van der Waals surface area contributed by atoms with Crippen LogP contribution in [-0.2, 0) is 0 Å². The average molecular weight is 420 g/mol. The summed E-state index contributed by atoms with van der Waals surface area (Å²) >= 11 is 0. The molecule has 8 heteroatoms. The molecule has 0 bridgehead atoms. The van der Waals surface area contributed by atoms with Crippen LogP contribution in [0.25, 0.3) is 5.69 Å². The van der Waals surface area contributed by atoms with Gasteiger partial charge in [0.15, 0.2) is 0 Å². The monoisotopic (exact) mass is 419 g/mol. The Morgan fingerprint density at radius 3 is 2.54 bits per heavy atom. The molecule has 1 saturated heterocycles. The Morgan fingerprint density at radius 2 is 1.86 bits per heavy atom. The number of pyridine rings is 1. The first-order chi connectivity index (χ1) is 12.8. The molecular formula is C20H23Cl2N5O. The number of carbonyl (C=O) groups is 1. The van der Waals surface area contributed by atoms with Gasteiger partial charge in [-0.05, 0) is 30.2 Å². The molecule has 2 N–H and O–H groups in total. The van der Waals surface area contributed by atoms with Crippen LogP contribution in [0.2, 0.25) is 0 Å². The maximum atomic E-state index is 12.9. The van der Waals surface area contributed by atoms with E-state index in [1.807, 2.05) is 35.2 Å². The van der Waals surface area contributed by atoms with Crippen molar-refractivity contribution in [2.45, 2.75) is 5.92 Å². The van der Waals surface area contributed by atoms with Gasteiger partial charge in [0.1, 0.15) is 0 Å². The summed E-state index contributed by atoms with van der Waals surface area (Å²) in [7, 11) is 0. The van der Waals surface area contributed by atoms with Crippen molar-refractivity contribution in [3.63, 3.8) is 0 Å². The molecule has 3 heterocycles. The zero-order valence-electron chi connectivity index (χ0n) is 15.2. The molecule has 148 valence electrons. The Balaban J connectivity index is 0.00000140. The van der Waals surface area contributed by atoms with Crippen LogP contribution in [0.4, 0.5) is 0 Å². The Hall–Kier alpha value is -2.41. The Kier molecular flexibility index (Phi) is 7.57. The molecule has 1 aromatic carbocycles. The highest BCUT2D eigenvalue weighted by atomic mass is 35.5. The molecular weight excluding hydrogens is 397 g/mol. The van der Waals surface area contributed by atoms with E-state index in [-0.39, 0.29) is 42.6 Å². The third-order valence-corrected chi connectivity index (χ3v) is 5.00. The molecule has 6 nitrogen and oxygen atoms in total. The van der Waals surface area contributed by atoms with E-state index in [1.165, 1.54) is 5.56 Å². The number of benzene rings is 1. The summed E-state index contributed by atoms with van der Waals surface area (Å²) in [5.41, 5.74) is 8.63. The second-order valence-corrected chi connectivity index (χ2v) is 6.61. The summed E-state index contributed by atoms with van der Waals surface area (Å²) in [5, 5.41) is 4.30. The molecule has 1 aliphatic heterocycles. The number of nitrogens with two attached hydrogens (primary N) is 1. The van der Waals surface area contributed by atoms with Gasteiger partial charge in [0.25, 0.3) is 5.91 Å². The Labute approximate surface area is 176 Å². The molecule has 1 amide bonds. The summed E-state index contributed by atoms with van der Waals surface area (Å²) in [6, 6.07) is 14.0. The predicted octanol–water partition coefficient (Wildman–Crippen LogP) is 2.93. The highest BCUT2D eigenvalue weighted by Crippen LogP contribution is 2.32. The number of hydrogen-bond acceptors (Lipinski definition) is 4. The molecule has 0 saturated carbocycles. The van der Waals surface area contributed by atoms with Gasteiger partial charge in [0.05, 0.1) is 23.6 Å². The SMILES string of the molecule is Cl.Cl.NC[C@@H]1CN(C(=O)c2cnn(-c3cccnc3)c2)C[C@H]1c1ccccc1. The van der Waals surface area contributed by atoms with Gasteiger partial charge >= 0.3 is 0 Å². The molecule has 2 aromatic heterocycles. The fraction of sp³-hybridized carbons (Fsp3) is 0.250. The lowest BCUT2D eigenvalue weighted by atomic mass is 9.89. The van der Waals surface area contributed by atoms with E-state index in [0.29, 0.717) is 25.2 Å². The standard InChI is InChI=1S/C20H21N5O.2ClH/c21-9-16-12-24(14-19(16)15-5-2-1-3-6-15)20(26)17-10-23-25(13-17)18-7-4-8-22-11-18;;/h1-8,10-11,13,16,19H,9,12,14,21H2;2*1H/t16-,19+;;/m1../s1. The number of halogens is 2. The molecule has 0 unspecified atom stereocenters. The summed E-state index contributed by atoms with van der Waals surface area (Å²) in [6.45, 7) is 1.92. The average Bonchev–Trinajstić information content (AvgIpc) is 3.36. The van der Waals surface area contributed by atoms with Gasteiger partial charge in [0.2, 0.25) is 0 Å². The van der Waals surface area contributed by atoms with Crippen molar-refractivity contribution in [1.29, 1.82) is 0 Å². The van der Waals surface area contributed by atoms with Crippen molar-refractivity contribution in [2.24, 2.45) is 11.7 Å². The second kappa shape index (κ2) is 9.68. The quantitative estimate of drug-likeness (QED) is 0.704. The normalized spacial score (nSPS) is 18.2. The molecule has 4 rings (SSSR count). The lowest BCUT2D eigenvalue weighted by molar-refractivity contribution is 0.0786. The first-order valence-electron chi connectivity index (χ1n) is 8.75. The zero-order valence-corrected chi connectivity index (χ0v) is 16.9. The maximum Gasteiger partial charge on any atom is 0.257 e. The van der Waals surface area contributed by atoms with Crippen molar-refractivity contribution in [1.82, 2.24) is 19.7 Å². The van der Waals surface area contributed by atoms with Gasteiger partial charge in [-0.2, -0.15) is 5.10 Å². The maximum absolute atomic E-state index is 12.9. The number of rotatable bonds is 4. The number of carbonyl (C=O) groups excluding carboxylic acids is 1. The third-order valence-electron chi connectivity index (χ3n) is 5.00. The van der Waals surface area contributed by atoms with Gasteiger partial charge in [-0.3, -0.25) is 9.78 Å². The van der Waals surface area contributed by atoms with Crippen LogP contribution in [-0.4, -0.2) is 45.2 Å². The predicted molar refractivity (Wildman–Crippen MR) is 113 cm³/mol. The van der Waals surface area contributed by atoms with E-state index in [1.54, 1.807) is 29.5 Å². The minimum Gasteiger partial charge on any atom is -0.338 e. The van der Waals surface area contributed by atoms with Crippen molar-refractivity contribution in [3.05, 3.63) is 78.4 Å². The topological polar surface area (TPSA) is 77.0 Å². The summed E-state index contributed by atoms with van der Waals surface area (Å²) in [6.07, 6.45) is 6.79. The van der Waals surface area contributed by atoms with Crippen LogP contribution in [0, 0.1) is 5.92 Å². The van der Waals surface area contributed by atoms with E-state index < -0.39 is 0 Å². The number of aromatic nitrogens is 3. The molecule has 3 aromatic rings. The summed E-state index contributed by atoms with van der Waals surface area (Å²) in [4.78, 5) is 18.9. The zero-order chi connectivity index (χ0) is 17.9. The van der Waals surface area contributed by atoms with Gasteiger partial charge in [-0.1, -0.05) is 30.3 Å². The number of amides is 1. The molecule has 1 fully saturated rings. The van der Waals surface area contributed by atoms with Crippen molar-refractivity contribution >= 4 is 30.7 Å². The van der Waals surface area contributed by atoms with Crippen LogP contribution in [0.1, 0.15) is 21.8 Å². The number of likely N-dealkylation sites (tertiary alicyclic amines) is 1. The largest absolute Gasteiger partial charge is 0.338 e. The smallest absolute Gasteiger partial charge is 0.257 e. The third kappa shape index (κ3) is 4.35. The lowest BCUT2D eigenvalue weighted by Crippen LogP contribution is -2.29. The van der Waals surface area contributed by atoms with Gasteiger partial charge in [-0.15, -0.1) is 24.8 Å². The highest BCUT2D eigenvalue weighted by molar-refractivity contribution is 5.94. The Bertz CT molecular complexity index is 888. The first-order valence-corrected chi connectivity index (χ1v) is 8.75. The second-order valence-electron chi connectivity index (χ2n) is 6.61. The van der Waals surface area contributed by atoms with Crippen molar-refractivity contribution in [2.75, 3.05) is 19.6 Å². The summed E-state index contributed by atoms with van der Waals surface area (Å²) in [5.74, 6) is 0.547. The molecule has 0 radical (unpaired) electrons. The molecule has 28 heavy (non-hydrogen) atoms. The van der Waals surface area contributed by atoms with E-state index in [9.17, 15) is 4.79 Å². The molecule has 0 aliphatic carbocycles. The minimum absolute atomic E-state index is 0. The molecule has 1 aliphatic rings. The molecule has 2 atom stereocenters. The van der Waals surface area contributed by atoms with Crippen molar-refractivity contribution in [3.8, 4) is 5.69 Å². The Morgan fingerprint density at radius 1 is 1.07 bits per heavy atom. The van der Waals surface area contributed by atoms with E-state index in [2.05, 4.69) is 22.2 Å². The fourth-order valence-corrected chi connectivity index (χ4v) is 3.60. The van der Waals surface area contributed by atoms with Crippen LogP contribution < -0.4 is 5.73 Å². The molecule has 0 spiro atoms. The van der Waals surface area contributed by atoms with Gasteiger partial charge in [0, 0.05) is 31.4 Å². The summed E-state index contributed by atoms with van der Waals surface area (Å²) < 4.78 is 1.67. The van der Waals surface area contributed by atoms with Gasteiger partial charge < -0.3 is 10.6 Å². The van der Waals surface area contributed by atoms with Crippen LogP contribution in [0.5, 0.6) is 0 Å². The number of hydrogen-bond donors (Lipinski definition) is 1. The highest BCUT2D eigenvalue weighted by Gasteiger charge is 2.35. The number of nitrogens with zero attached hydrogens (tertiary/aromatic N) is 4.